The van der Waals surface area contributed by atoms with Crippen molar-refractivity contribution in [2.45, 2.75) is 25.7 Å². The first kappa shape index (κ1) is 20.2. The molecule has 0 spiro atoms. The van der Waals surface area contributed by atoms with Crippen LogP contribution in [-0.2, 0) is 0 Å². The number of nitrogens with one attached hydrogen (secondary N) is 3. The van der Waals surface area contributed by atoms with Crippen LogP contribution in [0.3, 0.4) is 0 Å². The van der Waals surface area contributed by atoms with Crippen molar-refractivity contribution in [2.24, 2.45) is 5.92 Å². The maximum atomic E-state index is 12.5. The Hall–Kier alpha value is -3.12. The quantitative estimate of drug-likeness (QED) is 0.449. The minimum absolute atomic E-state index is 0.149. The van der Waals surface area contributed by atoms with Gasteiger partial charge in [-0.25, -0.2) is 0 Å². The summed E-state index contributed by atoms with van der Waals surface area (Å²) in [6.07, 6.45) is 5.33. The molecule has 1 saturated carbocycles. The summed E-state index contributed by atoms with van der Waals surface area (Å²) in [6.45, 7) is 1.01. The van der Waals surface area contributed by atoms with E-state index >= 15 is 0 Å². The Labute approximate surface area is 180 Å². The molecule has 1 heterocycles. The predicted octanol–water partition coefficient (Wildman–Crippen LogP) is 5.85. The van der Waals surface area contributed by atoms with Crippen LogP contribution in [0.5, 0.6) is 0 Å². The third kappa shape index (κ3) is 5.27. The van der Waals surface area contributed by atoms with Gasteiger partial charge in [-0.05, 0) is 78.7 Å². The fourth-order valence-corrected chi connectivity index (χ4v) is 4.28. The van der Waals surface area contributed by atoms with Crippen molar-refractivity contribution < 1.29 is 9.59 Å². The second-order valence-electron chi connectivity index (χ2n) is 7.57. The van der Waals surface area contributed by atoms with Crippen LogP contribution in [0.4, 0.5) is 17.1 Å². The number of amides is 2. The van der Waals surface area contributed by atoms with Crippen LogP contribution >= 0.6 is 11.3 Å². The molecule has 2 amide bonds. The molecule has 1 aliphatic rings. The summed E-state index contributed by atoms with van der Waals surface area (Å²) in [4.78, 5) is 25.3. The fraction of sp³-hybridized carbons (Fsp3) is 0.250. The summed E-state index contributed by atoms with van der Waals surface area (Å²) in [6, 6.07) is 18.3. The van der Waals surface area contributed by atoms with E-state index in [9.17, 15) is 9.59 Å². The van der Waals surface area contributed by atoms with E-state index < -0.39 is 0 Å². The first-order valence-electron chi connectivity index (χ1n) is 10.3. The van der Waals surface area contributed by atoms with Gasteiger partial charge in [-0.2, -0.15) is 0 Å². The largest absolute Gasteiger partial charge is 0.385 e. The van der Waals surface area contributed by atoms with Crippen LogP contribution < -0.4 is 16.0 Å². The van der Waals surface area contributed by atoms with Gasteiger partial charge in [0.15, 0.2) is 0 Å². The number of hydrogen-bond acceptors (Lipinski definition) is 4. The van der Waals surface area contributed by atoms with Gasteiger partial charge < -0.3 is 16.0 Å². The molecule has 5 nitrogen and oxygen atoms in total. The van der Waals surface area contributed by atoms with Crippen molar-refractivity contribution >= 4 is 40.2 Å². The predicted molar refractivity (Wildman–Crippen MR) is 124 cm³/mol. The van der Waals surface area contributed by atoms with Crippen molar-refractivity contribution in [3.05, 3.63) is 76.5 Å². The molecule has 0 saturated heterocycles. The summed E-state index contributed by atoms with van der Waals surface area (Å²) in [5.41, 5.74) is 3.02. The van der Waals surface area contributed by atoms with Gasteiger partial charge >= 0.3 is 0 Å². The summed E-state index contributed by atoms with van der Waals surface area (Å²) < 4.78 is 0. The Morgan fingerprint density at radius 2 is 1.40 bits per heavy atom. The number of carbonyl (C=O) groups is 2. The average Bonchev–Trinajstić information content (AvgIpc) is 3.48. The molecule has 1 aromatic heterocycles. The molecular formula is C24H25N3O2S. The third-order valence-electron chi connectivity index (χ3n) is 5.36. The van der Waals surface area contributed by atoms with Crippen LogP contribution in [0.15, 0.2) is 66.0 Å². The van der Waals surface area contributed by atoms with E-state index in [0.717, 1.165) is 23.8 Å². The zero-order valence-corrected chi connectivity index (χ0v) is 17.5. The van der Waals surface area contributed by atoms with Crippen molar-refractivity contribution in [2.75, 3.05) is 22.5 Å². The number of benzene rings is 2. The standard InChI is InChI=1S/C24H25N3O2S/c28-23(18-7-9-20(10-8-18)27-24(29)22-6-3-15-30-22)26-21-13-11-19(12-14-21)25-16-17-4-1-2-5-17/h3,6-15,17,25H,1-2,4-5,16H2,(H,26,28)(H,27,29). The maximum absolute atomic E-state index is 12.5. The molecule has 3 aromatic rings. The maximum Gasteiger partial charge on any atom is 0.265 e. The molecule has 6 heteroatoms. The van der Waals surface area contributed by atoms with Gasteiger partial charge in [-0.1, -0.05) is 18.9 Å². The number of carbonyl (C=O) groups excluding carboxylic acids is 2. The van der Waals surface area contributed by atoms with E-state index in [4.69, 9.17) is 0 Å². The number of rotatable bonds is 7. The van der Waals surface area contributed by atoms with Crippen LogP contribution in [0.2, 0.25) is 0 Å². The zero-order valence-electron chi connectivity index (χ0n) is 16.7. The zero-order chi connectivity index (χ0) is 20.8. The number of anilines is 3. The smallest absolute Gasteiger partial charge is 0.265 e. The Morgan fingerprint density at radius 1 is 0.800 bits per heavy atom. The van der Waals surface area contributed by atoms with Gasteiger partial charge in [0.05, 0.1) is 4.88 Å². The van der Waals surface area contributed by atoms with E-state index in [1.54, 1.807) is 30.3 Å². The first-order valence-corrected chi connectivity index (χ1v) is 11.2. The van der Waals surface area contributed by atoms with Crippen molar-refractivity contribution in [1.29, 1.82) is 0 Å². The highest BCUT2D eigenvalue weighted by atomic mass is 32.1. The first-order chi connectivity index (χ1) is 14.7. The Kier molecular flexibility index (Phi) is 6.44. The second kappa shape index (κ2) is 9.59. The SMILES string of the molecule is O=C(Nc1ccc(NCC2CCCC2)cc1)c1ccc(NC(=O)c2cccs2)cc1. The van der Waals surface area contributed by atoms with Crippen LogP contribution in [0.1, 0.15) is 45.7 Å². The molecule has 0 aliphatic heterocycles. The summed E-state index contributed by atoms with van der Waals surface area (Å²) in [7, 11) is 0. The molecule has 0 unspecified atom stereocenters. The summed E-state index contributed by atoms with van der Waals surface area (Å²) in [5.74, 6) is 0.448. The lowest BCUT2D eigenvalue weighted by atomic mass is 10.1. The highest BCUT2D eigenvalue weighted by molar-refractivity contribution is 7.12. The molecule has 2 aromatic carbocycles. The monoisotopic (exact) mass is 419 g/mol. The van der Waals surface area contributed by atoms with Crippen LogP contribution in [0, 0.1) is 5.92 Å². The molecular weight excluding hydrogens is 394 g/mol. The topological polar surface area (TPSA) is 70.2 Å². The molecule has 30 heavy (non-hydrogen) atoms. The number of thiophene rings is 1. The lowest BCUT2D eigenvalue weighted by Crippen LogP contribution is -2.13. The fourth-order valence-electron chi connectivity index (χ4n) is 3.66. The second-order valence-corrected chi connectivity index (χ2v) is 8.52. The van der Waals surface area contributed by atoms with Crippen molar-refractivity contribution in [1.82, 2.24) is 0 Å². The van der Waals surface area contributed by atoms with Gasteiger partial charge in [0.1, 0.15) is 0 Å². The number of hydrogen-bond donors (Lipinski definition) is 3. The Morgan fingerprint density at radius 3 is 2.03 bits per heavy atom. The van der Waals surface area contributed by atoms with E-state index in [2.05, 4.69) is 16.0 Å². The van der Waals surface area contributed by atoms with E-state index in [-0.39, 0.29) is 11.8 Å². The lowest BCUT2D eigenvalue weighted by molar-refractivity contribution is 0.102. The summed E-state index contributed by atoms with van der Waals surface area (Å²) >= 11 is 1.39. The third-order valence-corrected chi connectivity index (χ3v) is 6.23. The highest BCUT2D eigenvalue weighted by Crippen LogP contribution is 2.25. The van der Waals surface area contributed by atoms with Crippen molar-refractivity contribution in [3.63, 3.8) is 0 Å². The van der Waals surface area contributed by atoms with E-state index in [1.807, 2.05) is 35.7 Å². The summed E-state index contributed by atoms with van der Waals surface area (Å²) in [5, 5.41) is 11.1. The van der Waals surface area contributed by atoms with Gasteiger partial charge in [0, 0.05) is 29.2 Å². The molecule has 1 aliphatic carbocycles. The molecule has 0 atom stereocenters. The van der Waals surface area contributed by atoms with Crippen molar-refractivity contribution in [3.8, 4) is 0 Å². The van der Waals surface area contributed by atoms with Crippen LogP contribution in [0.25, 0.3) is 0 Å². The molecule has 4 rings (SSSR count). The van der Waals surface area contributed by atoms with Gasteiger partial charge in [-0.3, -0.25) is 9.59 Å². The minimum Gasteiger partial charge on any atom is -0.385 e. The Bertz CT molecular complexity index is 976. The lowest BCUT2D eigenvalue weighted by Gasteiger charge is -2.12. The molecule has 0 bridgehead atoms. The van der Waals surface area contributed by atoms with Gasteiger partial charge in [0.25, 0.3) is 11.8 Å². The Balaban J connectivity index is 1.29. The van der Waals surface area contributed by atoms with E-state index in [0.29, 0.717) is 16.1 Å². The van der Waals surface area contributed by atoms with Crippen LogP contribution in [-0.4, -0.2) is 18.4 Å². The van der Waals surface area contributed by atoms with Gasteiger partial charge in [-0.15, -0.1) is 11.3 Å². The van der Waals surface area contributed by atoms with E-state index in [1.165, 1.54) is 37.0 Å². The molecule has 3 N–H and O–H groups in total. The average molecular weight is 420 g/mol. The van der Waals surface area contributed by atoms with Gasteiger partial charge in [0.2, 0.25) is 0 Å². The molecule has 154 valence electrons. The molecule has 1 fully saturated rings. The highest BCUT2D eigenvalue weighted by Gasteiger charge is 2.14. The minimum atomic E-state index is -0.183. The molecule has 0 radical (unpaired) electrons. The normalized spacial score (nSPS) is 13.7.